The van der Waals surface area contributed by atoms with E-state index in [4.69, 9.17) is 0 Å². The van der Waals surface area contributed by atoms with Crippen LogP contribution in [0.4, 0.5) is 0 Å². The molecule has 106 valence electrons. The number of Topliss-reactive ketones (excluding diaryl/α,β-unsaturated/α-hetero) is 1. The van der Waals surface area contributed by atoms with E-state index in [1.54, 1.807) is 0 Å². The Bertz CT molecular complexity index is 414. The molecule has 1 fully saturated rings. The first-order valence-corrected chi connectivity index (χ1v) is 7.74. The first-order chi connectivity index (χ1) is 9.19. The van der Waals surface area contributed by atoms with Gasteiger partial charge in [-0.25, -0.2) is 0 Å². The van der Waals surface area contributed by atoms with Gasteiger partial charge in [0.15, 0.2) is 0 Å². The van der Waals surface area contributed by atoms with E-state index in [9.17, 15) is 4.79 Å². The molecule has 19 heavy (non-hydrogen) atoms. The third-order valence-electron chi connectivity index (χ3n) is 4.15. The van der Waals surface area contributed by atoms with Crippen molar-refractivity contribution in [2.75, 3.05) is 0 Å². The monoisotopic (exact) mass is 262 g/mol. The number of nitrogens with zero attached hydrogens (tertiary/aromatic N) is 2. The summed E-state index contributed by atoms with van der Waals surface area (Å²) < 4.78 is 1.96. The van der Waals surface area contributed by atoms with Crippen LogP contribution < -0.4 is 0 Å². The number of hydrogen-bond acceptors (Lipinski definition) is 2. The lowest BCUT2D eigenvalue weighted by atomic mass is 9.93. The molecular weight excluding hydrogens is 236 g/mol. The quantitative estimate of drug-likeness (QED) is 0.759. The summed E-state index contributed by atoms with van der Waals surface area (Å²) >= 11 is 0. The molecule has 0 aliphatic heterocycles. The topological polar surface area (TPSA) is 34.9 Å². The van der Waals surface area contributed by atoms with E-state index in [0.29, 0.717) is 18.1 Å². The SMILES string of the molecule is CCn1nc(C)cc1CC(=O)CC1CCCCCC1. The van der Waals surface area contributed by atoms with Crippen molar-refractivity contribution >= 4 is 5.78 Å². The second-order valence-corrected chi connectivity index (χ2v) is 5.87. The van der Waals surface area contributed by atoms with Crippen molar-refractivity contribution in [1.82, 2.24) is 9.78 Å². The standard InChI is InChI=1S/C16H26N2O/c1-3-18-15(10-13(2)17-18)12-16(19)11-14-8-6-4-5-7-9-14/h10,14H,3-9,11-12H2,1-2H3. The zero-order valence-corrected chi connectivity index (χ0v) is 12.3. The van der Waals surface area contributed by atoms with Crippen molar-refractivity contribution in [1.29, 1.82) is 0 Å². The predicted octanol–water partition coefficient (Wildman–Crippen LogP) is 3.68. The molecule has 3 heteroatoms. The summed E-state index contributed by atoms with van der Waals surface area (Å²) in [5, 5.41) is 4.41. The predicted molar refractivity (Wildman–Crippen MR) is 77.2 cm³/mol. The van der Waals surface area contributed by atoms with Gasteiger partial charge in [0.1, 0.15) is 5.78 Å². The van der Waals surface area contributed by atoms with Gasteiger partial charge in [0.25, 0.3) is 0 Å². The Labute approximate surface area is 116 Å². The highest BCUT2D eigenvalue weighted by Crippen LogP contribution is 2.26. The van der Waals surface area contributed by atoms with Gasteiger partial charge < -0.3 is 0 Å². The minimum atomic E-state index is 0.390. The van der Waals surface area contributed by atoms with Gasteiger partial charge in [0.2, 0.25) is 0 Å². The van der Waals surface area contributed by atoms with Crippen molar-refractivity contribution < 1.29 is 4.79 Å². The van der Waals surface area contributed by atoms with E-state index < -0.39 is 0 Å². The van der Waals surface area contributed by atoms with Gasteiger partial charge in [-0.3, -0.25) is 9.48 Å². The number of rotatable bonds is 5. The van der Waals surface area contributed by atoms with Gasteiger partial charge >= 0.3 is 0 Å². The van der Waals surface area contributed by atoms with Gasteiger partial charge in [-0.05, 0) is 25.8 Å². The highest BCUT2D eigenvalue weighted by Gasteiger charge is 2.17. The van der Waals surface area contributed by atoms with E-state index in [-0.39, 0.29) is 0 Å². The number of carbonyl (C=O) groups is 1. The van der Waals surface area contributed by atoms with Crippen LogP contribution in [0.25, 0.3) is 0 Å². The number of hydrogen-bond donors (Lipinski definition) is 0. The van der Waals surface area contributed by atoms with Crippen LogP contribution in [0.5, 0.6) is 0 Å². The third kappa shape index (κ3) is 4.19. The van der Waals surface area contributed by atoms with Crippen LogP contribution in [0.1, 0.15) is 63.3 Å². The molecule has 0 atom stereocenters. The second-order valence-electron chi connectivity index (χ2n) is 5.87. The molecule has 1 aromatic heterocycles. The molecule has 3 nitrogen and oxygen atoms in total. The van der Waals surface area contributed by atoms with Crippen LogP contribution in [-0.2, 0) is 17.8 Å². The lowest BCUT2D eigenvalue weighted by Crippen LogP contribution is -2.13. The van der Waals surface area contributed by atoms with Crippen LogP contribution in [0, 0.1) is 12.8 Å². The van der Waals surface area contributed by atoms with Gasteiger partial charge in [0.05, 0.1) is 5.69 Å². The van der Waals surface area contributed by atoms with Crippen LogP contribution in [-0.4, -0.2) is 15.6 Å². The first kappa shape index (κ1) is 14.3. The van der Waals surface area contributed by atoms with Crippen LogP contribution in [0.15, 0.2) is 6.07 Å². The van der Waals surface area contributed by atoms with Crippen molar-refractivity contribution in [3.8, 4) is 0 Å². The Balaban J connectivity index is 1.89. The van der Waals surface area contributed by atoms with Crippen LogP contribution in [0.3, 0.4) is 0 Å². The minimum absolute atomic E-state index is 0.390. The third-order valence-corrected chi connectivity index (χ3v) is 4.15. The molecule has 0 amide bonds. The van der Waals surface area contributed by atoms with E-state index in [0.717, 1.165) is 24.4 Å². The highest BCUT2D eigenvalue weighted by atomic mass is 16.1. The van der Waals surface area contributed by atoms with Crippen molar-refractivity contribution in [3.63, 3.8) is 0 Å². The number of aryl methyl sites for hydroxylation is 2. The van der Waals surface area contributed by atoms with Gasteiger partial charge in [-0.1, -0.05) is 38.5 Å². The zero-order chi connectivity index (χ0) is 13.7. The molecule has 0 unspecified atom stereocenters. The molecule has 1 aliphatic carbocycles. The molecule has 1 saturated carbocycles. The lowest BCUT2D eigenvalue weighted by Gasteiger charge is -2.12. The maximum absolute atomic E-state index is 12.2. The summed E-state index contributed by atoms with van der Waals surface area (Å²) in [4.78, 5) is 12.2. The van der Waals surface area contributed by atoms with Crippen LogP contribution >= 0.6 is 0 Å². The molecular formula is C16H26N2O. The average Bonchev–Trinajstić information content (AvgIpc) is 2.58. The molecule has 0 saturated heterocycles. The minimum Gasteiger partial charge on any atom is -0.299 e. The van der Waals surface area contributed by atoms with Crippen LogP contribution in [0.2, 0.25) is 0 Å². The second kappa shape index (κ2) is 6.88. The van der Waals surface area contributed by atoms with Crippen molar-refractivity contribution in [2.45, 2.75) is 71.8 Å². The molecule has 2 rings (SSSR count). The summed E-state index contributed by atoms with van der Waals surface area (Å²) in [6, 6.07) is 2.05. The fraction of sp³-hybridized carbons (Fsp3) is 0.750. The normalized spacial score (nSPS) is 17.4. The fourth-order valence-corrected chi connectivity index (χ4v) is 3.18. The maximum atomic E-state index is 12.2. The zero-order valence-electron chi connectivity index (χ0n) is 12.3. The van der Waals surface area contributed by atoms with E-state index in [2.05, 4.69) is 18.1 Å². The smallest absolute Gasteiger partial charge is 0.139 e. The number of ketones is 1. The Morgan fingerprint density at radius 1 is 1.32 bits per heavy atom. The summed E-state index contributed by atoms with van der Waals surface area (Å²) in [7, 11) is 0. The first-order valence-electron chi connectivity index (χ1n) is 7.74. The summed E-state index contributed by atoms with van der Waals surface area (Å²) in [6.07, 6.45) is 9.15. The maximum Gasteiger partial charge on any atom is 0.139 e. The van der Waals surface area contributed by atoms with Gasteiger partial charge in [0, 0.05) is 25.1 Å². The molecule has 0 bridgehead atoms. The number of aromatic nitrogens is 2. The summed E-state index contributed by atoms with van der Waals surface area (Å²) in [5.41, 5.74) is 2.10. The molecule has 1 aliphatic rings. The summed E-state index contributed by atoms with van der Waals surface area (Å²) in [6.45, 7) is 4.91. The van der Waals surface area contributed by atoms with E-state index in [1.807, 2.05) is 11.6 Å². The number of carbonyl (C=O) groups excluding carboxylic acids is 1. The van der Waals surface area contributed by atoms with Crippen molar-refractivity contribution in [2.24, 2.45) is 5.92 Å². The Morgan fingerprint density at radius 3 is 2.63 bits per heavy atom. The molecule has 1 aromatic rings. The van der Waals surface area contributed by atoms with Gasteiger partial charge in [-0.2, -0.15) is 5.10 Å². The van der Waals surface area contributed by atoms with E-state index >= 15 is 0 Å². The molecule has 0 aromatic carbocycles. The highest BCUT2D eigenvalue weighted by molar-refractivity contribution is 5.80. The lowest BCUT2D eigenvalue weighted by molar-refractivity contribution is -0.119. The Kier molecular flexibility index (Phi) is 5.17. The molecule has 0 radical (unpaired) electrons. The summed E-state index contributed by atoms with van der Waals surface area (Å²) in [5.74, 6) is 1.02. The van der Waals surface area contributed by atoms with E-state index in [1.165, 1.54) is 38.5 Å². The molecule has 1 heterocycles. The Morgan fingerprint density at radius 2 is 2.00 bits per heavy atom. The van der Waals surface area contributed by atoms with Crippen molar-refractivity contribution in [3.05, 3.63) is 17.5 Å². The molecule has 0 spiro atoms. The Hall–Kier alpha value is -1.12. The molecule has 0 N–H and O–H groups in total. The average molecular weight is 262 g/mol. The van der Waals surface area contributed by atoms with Gasteiger partial charge in [-0.15, -0.1) is 0 Å². The largest absolute Gasteiger partial charge is 0.299 e. The fourth-order valence-electron chi connectivity index (χ4n) is 3.18.